The second-order valence-corrected chi connectivity index (χ2v) is 14.9. The average Bonchev–Trinajstić information content (AvgIpc) is 3.65. The van der Waals surface area contributed by atoms with E-state index in [1.807, 2.05) is 47.7 Å². The lowest BCUT2D eigenvalue weighted by Crippen LogP contribution is -1.96. The molecule has 7 aromatic carbocycles. The highest BCUT2D eigenvalue weighted by molar-refractivity contribution is 7.26. The van der Waals surface area contributed by atoms with E-state index in [0.717, 1.165) is 89.0 Å². The fraction of sp³-hybridized carbons (Fsp3) is 0. The van der Waals surface area contributed by atoms with E-state index < -0.39 is 0 Å². The van der Waals surface area contributed by atoms with E-state index in [9.17, 15) is 0 Å². The van der Waals surface area contributed by atoms with Gasteiger partial charge in [-0.25, -0.2) is 19.9 Å². The van der Waals surface area contributed by atoms with Crippen LogP contribution in [0.25, 0.3) is 109 Å². The van der Waals surface area contributed by atoms with Gasteiger partial charge >= 0.3 is 0 Å². The number of aromatic nitrogens is 4. The molecule has 256 valence electrons. The first-order valence-electron chi connectivity index (χ1n) is 18.4. The summed E-state index contributed by atoms with van der Waals surface area (Å²) < 4.78 is 2.55. The van der Waals surface area contributed by atoms with Gasteiger partial charge in [-0.15, -0.1) is 11.3 Å². The normalized spacial score (nSPS) is 11.6. The van der Waals surface area contributed by atoms with Gasteiger partial charge in [0, 0.05) is 53.2 Å². The number of rotatable bonds is 5. The smallest absolute Gasteiger partial charge is 0.0973 e. The molecule has 0 spiro atoms. The van der Waals surface area contributed by atoms with Crippen LogP contribution in [0.15, 0.2) is 182 Å². The Morgan fingerprint density at radius 3 is 1.67 bits per heavy atom. The molecule has 0 aliphatic carbocycles. The summed E-state index contributed by atoms with van der Waals surface area (Å²) >= 11 is 1.83. The Hall–Kier alpha value is -7.08. The van der Waals surface area contributed by atoms with Crippen LogP contribution in [-0.4, -0.2) is 19.9 Å². The first kappa shape index (κ1) is 31.4. The quantitative estimate of drug-likeness (QED) is 0.166. The monoisotopic (exact) mass is 718 g/mol. The topological polar surface area (TPSA) is 51.6 Å². The van der Waals surface area contributed by atoms with Crippen LogP contribution in [-0.2, 0) is 0 Å². The molecule has 4 nitrogen and oxygen atoms in total. The molecule has 0 unspecified atom stereocenters. The summed E-state index contributed by atoms with van der Waals surface area (Å²) in [5.74, 6) is 0. The second kappa shape index (κ2) is 12.8. The molecule has 4 aromatic heterocycles. The van der Waals surface area contributed by atoms with Gasteiger partial charge in [-0.3, -0.25) is 0 Å². The lowest BCUT2D eigenvalue weighted by molar-refractivity contribution is 1.29. The highest BCUT2D eigenvalue weighted by Crippen LogP contribution is 2.40. The molecular formula is C50H30N4S. The first-order valence-corrected chi connectivity index (χ1v) is 19.2. The highest BCUT2D eigenvalue weighted by Gasteiger charge is 2.16. The summed E-state index contributed by atoms with van der Waals surface area (Å²) in [4.78, 5) is 21.0. The first-order chi connectivity index (χ1) is 27.2. The van der Waals surface area contributed by atoms with Crippen molar-refractivity contribution in [3.63, 3.8) is 0 Å². The third-order valence-corrected chi connectivity index (χ3v) is 11.7. The Bertz CT molecular complexity index is 3260. The molecule has 0 N–H and O–H groups in total. The SMILES string of the molecule is c1ccc(-c2nc3ccc(-c4cccc(-c5ccc6ccc7ccc(-c8cccc9c8sc8ccccc89)nc7c6n5)c4)cc3nc2-c2ccccc2)cc1. The Kier molecular flexibility index (Phi) is 7.32. The lowest BCUT2D eigenvalue weighted by Gasteiger charge is -2.12. The van der Waals surface area contributed by atoms with Crippen molar-refractivity contribution >= 4 is 64.3 Å². The zero-order chi connectivity index (χ0) is 36.3. The van der Waals surface area contributed by atoms with Crippen LogP contribution in [0.3, 0.4) is 0 Å². The van der Waals surface area contributed by atoms with Crippen molar-refractivity contribution in [2.45, 2.75) is 0 Å². The van der Waals surface area contributed by atoms with Crippen molar-refractivity contribution in [3.05, 3.63) is 182 Å². The van der Waals surface area contributed by atoms with Gasteiger partial charge in [0.15, 0.2) is 0 Å². The Morgan fingerprint density at radius 2 is 0.909 bits per heavy atom. The molecule has 55 heavy (non-hydrogen) atoms. The molecule has 0 saturated carbocycles. The van der Waals surface area contributed by atoms with Gasteiger partial charge in [0.1, 0.15) is 0 Å². The van der Waals surface area contributed by atoms with Crippen molar-refractivity contribution in [2.75, 3.05) is 0 Å². The zero-order valence-corrected chi connectivity index (χ0v) is 30.3. The van der Waals surface area contributed by atoms with E-state index >= 15 is 0 Å². The van der Waals surface area contributed by atoms with Crippen molar-refractivity contribution in [1.29, 1.82) is 0 Å². The third kappa shape index (κ3) is 5.44. The van der Waals surface area contributed by atoms with Gasteiger partial charge in [0.2, 0.25) is 0 Å². The predicted octanol–water partition coefficient (Wildman–Crippen LogP) is 13.4. The third-order valence-electron chi connectivity index (χ3n) is 10.5. The second-order valence-electron chi connectivity index (χ2n) is 13.8. The molecule has 0 aliphatic rings. The maximum Gasteiger partial charge on any atom is 0.0973 e. The van der Waals surface area contributed by atoms with Crippen LogP contribution in [0.1, 0.15) is 0 Å². The summed E-state index contributed by atoms with van der Waals surface area (Å²) in [6.07, 6.45) is 0. The number of pyridine rings is 2. The van der Waals surface area contributed by atoms with Crippen LogP contribution in [0.4, 0.5) is 0 Å². The van der Waals surface area contributed by atoms with Crippen molar-refractivity contribution < 1.29 is 0 Å². The summed E-state index contributed by atoms with van der Waals surface area (Å²) in [6, 6.07) is 63.6. The number of nitrogens with zero attached hydrogens (tertiary/aromatic N) is 4. The number of hydrogen-bond donors (Lipinski definition) is 0. The average molecular weight is 719 g/mol. The summed E-state index contributed by atoms with van der Waals surface area (Å²) in [6.45, 7) is 0. The summed E-state index contributed by atoms with van der Waals surface area (Å²) in [5, 5.41) is 4.69. The van der Waals surface area contributed by atoms with Gasteiger partial charge in [-0.1, -0.05) is 146 Å². The summed E-state index contributed by atoms with van der Waals surface area (Å²) in [7, 11) is 0. The standard InChI is InChI=1S/C50H30N4S/c1-3-11-31(12-4-1)46-47(32-13-5-2-6-14-32)54-44-30-36(25-28-43(44)53-46)35-15-9-16-37(29-35)41-26-23-33-21-22-34-24-27-42(52-49(34)48(33)51-41)40-19-10-18-39-38-17-7-8-20-45(38)55-50(39)40/h1-30H. The Labute approximate surface area is 321 Å². The van der Waals surface area contributed by atoms with Crippen molar-refractivity contribution in [1.82, 2.24) is 19.9 Å². The summed E-state index contributed by atoms with van der Waals surface area (Å²) in [5.41, 5.74) is 13.6. The van der Waals surface area contributed by atoms with Crippen LogP contribution in [0.5, 0.6) is 0 Å². The maximum absolute atomic E-state index is 5.31. The number of thiophene rings is 1. The fourth-order valence-electron chi connectivity index (χ4n) is 7.71. The molecule has 0 amide bonds. The van der Waals surface area contributed by atoms with E-state index in [2.05, 4.69) is 146 Å². The minimum Gasteiger partial charge on any atom is -0.245 e. The molecule has 0 aliphatic heterocycles. The molecule has 0 bridgehead atoms. The minimum absolute atomic E-state index is 0.852. The van der Waals surface area contributed by atoms with Crippen LogP contribution in [0.2, 0.25) is 0 Å². The van der Waals surface area contributed by atoms with E-state index in [4.69, 9.17) is 19.9 Å². The maximum atomic E-state index is 5.31. The number of hydrogen-bond acceptors (Lipinski definition) is 5. The van der Waals surface area contributed by atoms with Gasteiger partial charge in [-0.2, -0.15) is 0 Å². The number of fused-ring (bicyclic) bond motifs is 7. The molecule has 0 atom stereocenters. The Balaban J connectivity index is 1.00. The van der Waals surface area contributed by atoms with Gasteiger partial charge in [0.25, 0.3) is 0 Å². The van der Waals surface area contributed by atoms with E-state index in [1.165, 1.54) is 20.2 Å². The predicted molar refractivity (Wildman–Crippen MR) is 230 cm³/mol. The van der Waals surface area contributed by atoms with Crippen molar-refractivity contribution in [2.24, 2.45) is 0 Å². The molecular weight excluding hydrogens is 689 g/mol. The van der Waals surface area contributed by atoms with E-state index in [1.54, 1.807) is 0 Å². The largest absolute Gasteiger partial charge is 0.245 e. The van der Waals surface area contributed by atoms with Gasteiger partial charge in [-0.05, 0) is 47.5 Å². The zero-order valence-electron chi connectivity index (χ0n) is 29.5. The van der Waals surface area contributed by atoms with Crippen LogP contribution < -0.4 is 0 Å². The number of benzene rings is 7. The molecule has 5 heteroatoms. The molecule has 11 rings (SSSR count). The highest BCUT2D eigenvalue weighted by atomic mass is 32.1. The molecule has 11 aromatic rings. The molecule has 0 fully saturated rings. The fourth-order valence-corrected chi connectivity index (χ4v) is 8.94. The van der Waals surface area contributed by atoms with Gasteiger partial charge < -0.3 is 0 Å². The van der Waals surface area contributed by atoms with Gasteiger partial charge in [0.05, 0.1) is 44.8 Å². The minimum atomic E-state index is 0.852. The van der Waals surface area contributed by atoms with E-state index in [-0.39, 0.29) is 0 Å². The van der Waals surface area contributed by atoms with Crippen LogP contribution >= 0.6 is 11.3 Å². The van der Waals surface area contributed by atoms with Crippen molar-refractivity contribution in [3.8, 4) is 56.2 Å². The van der Waals surface area contributed by atoms with Crippen LogP contribution in [0, 0.1) is 0 Å². The molecule has 0 radical (unpaired) electrons. The lowest BCUT2D eigenvalue weighted by atomic mass is 9.99. The molecule has 4 heterocycles. The Morgan fingerprint density at radius 1 is 0.345 bits per heavy atom. The molecule has 0 saturated heterocycles. The van der Waals surface area contributed by atoms with E-state index in [0.29, 0.717) is 0 Å².